The van der Waals surface area contributed by atoms with Crippen molar-refractivity contribution in [2.45, 2.75) is 219 Å². The van der Waals surface area contributed by atoms with E-state index in [0.717, 1.165) is 51.4 Å². The smallest absolute Gasteiger partial charge is 0.306 e. The average molecular weight is 663 g/mol. The van der Waals surface area contributed by atoms with Crippen LogP contribution in [0.2, 0.25) is 0 Å². The molecule has 1 unspecified atom stereocenters. The number of aliphatic hydroxyl groups is 1. The molecule has 0 aliphatic heterocycles. The Kier molecular flexibility index (Phi) is 37.5. The van der Waals surface area contributed by atoms with Gasteiger partial charge in [0, 0.05) is 12.8 Å². The van der Waals surface area contributed by atoms with Crippen molar-refractivity contribution >= 4 is 11.9 Å². The number of ether oxygens (including phenoxy) is 2. The number of carbonyl (C=O) groups is 2. The van der Waals surface area contributed by atoms with E-state index in [2.05, 4.69) is 38.2 Å². The van der Waals surface area contributed by atoms with E-state index in [4.69, 9.17) is 9.47 Å². The second kappa shape index (κ2) is 38.8. The maximum Gasteiger partial charge on any atom is 0.306 e. The zero-order valence-electron chi connectivity index (χ0n) is 31.3. The third-order valence-corrected chi connectivity index (χ3v) is 9.00. The average Bonchev–Trinajstić information content (AvgIpc) is 3.07. The van der Waals surface area contributed by atoms with Gasteiger partial charge in [-0.1, -0.05) is 186 Å². The number of hydrogen-bond donors (Lipinski definition) is 1. The largest absolute Gasteiger partial charge is 0.462 e. The maximum atomic E-state index is 12.1. The lowest BCUT2D eigenvalue weighted by Crippen LogP contribution is -2.28. The normalized spacial score (nSPS) is 12.3. The summed E-state index contributed by atoms with van der Waals surface area (Å²) in [5.74, 6) is -0.599. The molecule has 0 heterocycles. The Labute approximate surface area is 292 Å². The second-order valence-electron chi connectivity index (χ2n) is 13.7. The van der Waals surface area contributed by atoms with Crippen LogP contribution in [0.1, 0.15) is 213 Å². The number of hydrogen-bond acceptors (Lipinski definition) is 5. The van der Waals surface area contributed by atoms with Gasteiger partial charge in [0.05, 0.1) is 6.61 Å². The second-order valence-corrected chi connectivity index (χ2v) is 13.7. The van der Waals surface area contributed by atoms with Crippen molar-refractivity contribution in [1.29, 1.82) is 0 Å². The highest BCUT2D eigenvalue weighted by atomic mass is 16.6. The molecule has 1 N–H and O–H groups in total. The first-order valence-corrected chi connectivity index (χ1v) is 20.4. The summed E-state index contributed by atoms with van der Waals surface area (Å²) in [6, 6.07) is 0. The predicted octanol–water partition coefficient (Wildman–Crippen LogP) is 12.7. The highest BCUT2D eigenvalue weighted by Crippen LogP contribution is 2.15. The summed E-state index contributed by atoms with van der Waals surface area (Å²) in [7, 11) is 0. The molecule has 0 spiro atoms. The van der Waals surface area contributed by atoms with Crippen molar-refractivity contribution in [1.82, 2.24) is 0 Å². The van der Waals surface area contributed by atoms with E-state index in [1.54, 1.807) is 0 Å². The minimum absolute atomic E-state index is 0.0672. The molecule has 0 bridgehead atoms. The van der Waals surface area contributed by atoms with E-state index in [9.17, 15) is 14.7 Å². The van der Waals surface area contributed by atoms with Gasteiger partial charge >= 0.3 is 11.9 Å². The van der Waals surface area contributed by atoms with Crippen molar-refractivity contribution in [3.05, 3.63) is 24.3 Å². The Hall–Kier alpha value is -1.62. The van der Waals surface area contributed by atoms with Gasteiger partial charge in [0.2, 0.25) is 0 Å². The molecule has 47 heavy (non-hydrogen) atoms. The van der Waals surface area contributed by atoms with Gasteiger partial charge in [0.25, 0.3) is 0 Å². The first-order valence-electron chi connectivity index (χ1n) is 20.4. The highest BCUT2D eigenvalue weighted by Gasteiger charge is 2.16. The number of aliphatic hydroxyl groups excluding tert-OH is 1. The van der Waals surface area contributed by atoms with Gasteiger partial charge in [-0.25, -0.2) is 0 Å². The Morgan fingerprint density at radius 3 is 1.32 bits per heavy atom. The summed E-state index contributed by atoms with van der Waals surface area (Å²) < 4.78 is 10.6. The summed E-state index contributed by atoms with van der Waals surface area (Å²) in [4.78, 5) is 24.2. The van der Waals surface area contributed by atoms with Crippen LogP contribution in [-0.4, -0.2) is 36.4 Å². The molecule has 0 saturated heterocycles. The predicted molar refractivity (Wildman–Crippen MR) is 201 cm³/mol. The Morgan fingerprint density at radius 2 is 0.872 bits per heavy atom. The van der Waals surface area contributed by atoms with Gasteiger partial charge in [-0.15, -0.1) is 0 Å². The number of unbranched alkanes of at least 4 members (excludes halogenated alkanes) is 25. The fraction of sp³-hybridized carbons (Fsp3) is 0.857. The van der Waals surface area contributed by atoms with Crippen molar-refractivity contribution in [2.75, 3.05) is 13.2 Å². The fourth-order valence-electron chi connectivity index (χ4n) is 5.87. The minimum Gasteiger partial charge on any atom is -0.462 e. The molecular weight excluding hydrogens is 584 g/mol. The first kappa shape index (κ1) is 45.4. The van der Waals surface area contributed by atoms with Crippen LogP contribution in [0.4, 0.5) is 0 Å². The van der Waals surface area contributed by atoms with Gasteiger partial charge in [-0.2, -0.15) is 0 Å². The van der Waals surface area contributed by atoms with Crippen molar-refractivity contribution < 1.29 is 24.2 Å². The van der Waals surface area contributed by atoms with Gasteiger partial charge < -0.3 is 14.6 Å². The summed E-state index contributed by atoms with van der Waals surface area (Å²) in [5, 5.41) is 9.55. The standard InChI is InChI=1S/C42H78O5/c1-3-5-7-9-11-13-15-17-19-20-21-22-23-25-26-28-30-32-34-36-41(44)46-39-40(38-43)47-42(45)37-35-33-31-29-27-24-18-16-14-12-10-8-6-4-2/h10,12,16,18,40,43H,3-9,11,13-15,17,19-39H2,1-2H3/b12-10-,18-16-. The lowest BCUT2D eigenvalue weighted by molar-refractivity contribution is -0.161. The third-order valence-electron chi connectivity index (χ3n) is 9.00. The molecule has 0 radical (unpaired) electrons. The van der Waals surface area contributed by atoms with Crippen LogP contribution >= 0.6 is 0 Å². The SMILES string of the molecule is CCCC/C=C\C/C=C\CCCCCCCC(=O)OC(CO)COC(=O)CCCCCCCCCCCCCCCCCCCCC. The molecule has 0 aromatic rings. The quantitative estimate of drug-likeness (QED) is 0.0407. The Bertz CT molecular complexity index is 716. The van der Waals surface area contributed by atoms with Crippen LogP contribution in [0.3, 0.4) is 0 Å². The molecule has 0 amide bonds. The molecule has 0 fully saturated rings. The molecule has 1 atom stereocenters. The van der Waals surface area contributed by atoms with Crippen molar-refractivity contribution in [3.8, 4) is 0 Å². The molecular formula is C42H78O5. The molecule has 0 rings (SSSR count). The topological polar surface area (TPSA) is 72.8 Å². The first-order chi connectivity index (χ1) is 23.1. The number of carbonyl (C=O) groups excluding carboxylic acids is 2. The molecule has 5 nitrogen and oxygen atoms in total. The minimum atomic E-state index is -0.773. The van der Waals surface area contributed by atoms with Gasteiger partial charge in [0.1, 0.15) is 6.61 Å². The van der Waals surface area contributed by atoms with E-state index in [0.29, 0.717) is 12.8 Å². The summed E-state index contributed by atoms with van der Waals surface area (Å²) in [6.07, 6.45) is 45.3. The zero-order valence-corrected chi connectivity index (χ0v) is 31.3. The molecule has 5 heteroatoms. The molecule has 0 aliphatic carbocycles. The number of esters is 2. The lowest BCUT2D eigenvalue weighted by atomic mass is 10.0. The summed E-state index contributed by atoms with van der Waals surface area (Å²) in [5.41, 5.74) is 0. The van der Waals surface area contributed by atoms with Crippen molar-refractivity contribution in [3.63, 3.8) is 0 Å². The van der Waals surface area contributed by atoms with Crippen LogP contribution in [0.25, 0.3) is 0 Å². The molecule has 0 saturated carbocycles. The summed E-state index contributed by atoms with van der Waals surface area (Å²) >= 11 is 0. The van der Waals surface area contributed by atoms with E-state index in [1.165, 1.54) is 135 Å². The number of allylic oxidation sites excluding steroid dienone is 4. The molecule has 0 aliphatic rings. The van der Waals surface area contributed by atoms with Gasteiger partial charge in [-0.3, -0.25) is 9.59 Å². The third kappa shape index (κ3) is 37.1. The van der Waals surface area contributed by atoms with Crippen LogP contribution < -0.4 is 0 Å². The van der Waals surface area contributed by atoms with E-state index < -0.39 is 6.10 Å². The van der Waals surface area contributed by atoms with E-state index in [-0.39, 0.29) is 25.2 Å². The number of rotatable bonds is 37. The van der Waals surface area contributed by atoms with E-state index >= 15 is 0 Å². The van der Waals surface area contributed by atoms with Gasteiger partial charge in [-0.05, 0) is 38.5 Å². The lowest BCUT2D eigenvalue weighted by Gasteiger charge is -2.15. The highest BCUT2D eigenvalue weighted by molar-refractivity contribution is 5.70. The van der Waals surface area contributed by atoms with Crippen LogP contribution in [0.5, 0.6) is 0 Å². The van der Waals surface area contributed by atoms with Crippen LogP contribution in [0, 0.1) is 0 Å². The maximum absolute atomic E-state index is 12.1. The van der Waals surface area contributed by atoms with Crippen LogP contribution in [-0.2, 0) is 19.1 Å². The van der Waals surface area contributed by atoms with Crippen LogP contribution in [0.15, 0.2) is 24.3 Å². The molecule has 0 aromatic heterocycles. The van der Waals surface area contributed by atoms with Crippen molar-refractivity contribution in [2.24, 2.45) is 0 Å². The fourth-order valence-corrected chi connectivity index (χ4v) is 5.87. The molecule has 276 valence electrons. The summed E-state index contributed by atoms with van der Waals surface area (Å²) in [6.45, 7) is 4.10. The Balaban J connectivity index is 3.51. The van der Waals surface area contributed by atoms with E-state index in [1.807, 2.05) is 0 Å². The van der Waals surface area contributed by atoms with Gasteiger partial charge in [0.15, 0.2) is 6.10 Å². The monoisotopic (exact) mass is 663 g/mol. The Morgan fingerprint density at radius 1 is 0.489 bits per heavy atom. The molecule has 0 aromatic carbocycles. The zero-order chi connectivity index (χ0) is 34.3.